The Kier molecular flexibility index (Phi) is 6.21. The lowest BCUT2D eigenvalue weighted by atomic mass is 10.2. The fourth-order valence-corrected chi connectivity index (χ4v) is 1.60. The second-order valence-electron chi connectivity index (χ2n) is 3.73. The van der Waals surface area contributed by atoms with Crippen molar-refractivity contribution in [1.82, 2.24) is 0 Å². The molecule has 1 aliphatic heterocycles. The molecule has 1 rings (SSSR count). The summed E-state index contributed by atoms with van der Waals surface area (Å²) in [6.07, 6.45) is 8.90. The molecule has 0 amide bonds. The van der Waals surface area contributed by atoms with Crippen LogP contribution < -0.4 is 0 Å². The lowest BCUT2D eigenvalue weighted by Crippen LogP contribution is -2.11. The lowest BCUT2D eigenvalue weighted by molar-refractivity contribution is -0.111. The van der Waals surface area contributed by atoms with Crippen molar-refractivity contribution in [1.29, 1.82) is 0 Å². The average molecular weight is 186 g/mol. The Bertz CT molecular complexity index is 109. The van der Waals surface area contributed by atoms with Crippen molar-refractivity contribution in [2.24, 2.45) is 0 Å². The number of unbranched alkanes of at least 4 members (excludes halogenated alkanes) is 4. The van der Waals surface area contributed by atoms with Crippen LogP contribution in [-0.2, 0) is 9.47 Å². The summed E-state index contributed by atoms with van der Waals surface area (Å²) in [6, 6.07) is 0. The predicted octanol–water partition coefficient (Wildman–Crippen LogP) is 3.11. The van der Waals surface area contributed by atoms with Crippen LogP contribution >= 0.6 is 0 Å². The van der Waals surface area contributed by atoms with E-state index in [2.05, 4.69) is 6.92 Å². The first-order valence-corrected chi connectivity index (χ1v) is 5.66. The van der Waals surface area contributed by atoms with Crippen molar-refractivity contribution in [2.75, 3.05) is 13.2 Å². The Hall–Kier alpha value is -0.0800. The van der Waals surface area contributed by atoms with Gasteiger partial charge in [0.1, 0.15) is 0 Å². The summed E-state index contributed by atoms with van der Waals surface area (Å²) < 4.78 is 10.9. The third-order valence-corrected chi connectivity index (χ3v) is 2.44. The molecule has 0 aromatic heterocycles. The van der Waals surface area contributed by atoms with E-state index in [4.69, 9.17) is 9.47 Å². The molecule has 1 atom stereocenters. The standard InChI is InChI=1S/C11H22O2/c1-2-3-4-5-6-9-12-11-8-7-10-13-11/h11H,2-10H2,1H3. The first-order chi connectivity index (χ1) is 6.43. The van der Waals surface area contributed by atoms with Gasteiger partial charge in [0.05, 0.1) is 0 Å². The normalized spacial score (nSPS) is 22.4. The Balaban J connectivity index is 1.78. The van der Waals surface area contributed by atoms with E-state index >= 15 is 0 Å². The fourth-order valence-electron chi connectivity index (χ4n) is 1.60. The van der Waals surface area contributed by atoms with Gasteiger partial charge >= 0.3 is 0 Å². The molecule has 13 heavy (non-hydrogen) atoms. The molecule has 1 aliphatic rings. The number of hydrogen-bond donors (Lipinski definition) is 0. The molecule has 1 unspecified atom stereocenters. The van der Waals surface area contributed by atoms with E-state index < -0.39 is 0 Å². The highest BCUT2D eigenvalue weighted by atomic mass is 16.7. The van der Waals surface area contributed by atoms with E-state index in [1.807, 2.05) is 0 Å². The van der Waals surface area contributed by atoms with E-state index in [0.717, 1.165) is 19.6 Å². The predicted molar refractivity (Wildman–Crippen MR) is 53.7 cm³/mol. The highest BCUT2D eigenvalue weighted by Crippen LogP contribution is 2.13. The molecule has 0 aliphatic carbocycles. The number of rotatable bonds is 7. The van der Waals surface area contributed by atoms with Crippen molar-refractivity contribution in [3.05, 3.63) is 0 Å². The van der Waals surface area contributed by atoms with Crippen molar-refractivity contribution in [2.45, 2.75) is 58.2 Å². The van der Waals surface area contributed by atoms with Crippen LogP contribution in [0.2, 0.25) is 0 Å². The minimum Gasteiger partial charge on any atom is -0.353 e. The van der Waals surface area contributed by atoms with Gasteiger partial charge in [0.15, 0.2) is 6.29 Å². The molecular weight excluding hydrogens is 164 g/mol. The van der Waals surface area contributed by atoms with E-state index in [9.17, 15) is 0 Å². The molecule has 78 valence electrons. The molecule has 0 N–H and O–H groups in total. The summed E-state index contributed by atoms with van der Waals surface area (Å²) in [6.45, 7) is 4.01. The van der Waals surface area contributed by atoms with E-state index in [1.54, 1.807) is 0 Å². The van der Waals surface area contributed by atoms with Crippen molar-refractivity contribution < 1.29 is 9.47 Å². The molecule has 0 radical (unpaired) electrons. The van der Waals surface area contributed by atoms with Crippen LogP contribution in [0.25, 0.3) is 0 Å². The Labute approximate surface area is 81.6 Å². The average Bonchev–Trinajstić information content (AvgIpc) is 2.63. The van der Waals surface area contributed by atoms with Crippen LogP contribution in [0.1, 0.15) is 51.9 Å². The lowest BCUT2D eigenvalue weighted by Gasteiger charge is -2.10. The van der Waals surface area contributed by atoms with Gasteiger partial charge in [-0.1, -0.05) is 32.6 Å². The zero-order valence-electron chi connectivity index (χ0n) is 8.76. The highest BCUT2D eigenvalue weighted by Gasteiger charge is 2.14. The SMILES string of the molecule is CCCCCCCOC1CCCO1. The van der Waals surface area contributed by atoms with Gasteiger partial charge in [-0.2, -0.15) is 0 Å². The minimum atomic E-state index is 0.117. The monoisotopic (exact) mass is 186 g/mol. The van der Waals surface area contributed by atoms with Gasteiger partial charge in [0.2, 0.25) is 0 Å². The van der Waals surface area contributed by atoms with E-state index in [0.29, 0.717) is 0 Å². The highest BCUT2D eigenvalue weighted by molar-refractivity contribution is 4.54. The van der Waals surface area contributed by atoms with E-state index in [1.165, 1.54) is 38.5 Å². The molecule has 1 saturated heterocycles. The van der Waals surface area contributed by atoms with Gasteiger partial charge in [0.25, 0.3) is 0 Å². The summed E-state index contributed by atoms with van der Waals surface area (Å²) in [5.41, 5.74) is 0. The number of hydrogen-bond acceptors (Lipinski definition) is 2. The second kappa shape index (κ2) is 7.34. The van der Waals surface area contributed by atoms with Crippen molar-refractivity contribution in [3.63, 3.8) is 0 Å². The van der Waals surface area contributed by atoms with Gasteiger partial charge in [0, 0.05) is 19.6 Å². The summed E-state index contributed by atoms with van der Waals surface area (Å²) in [7, 11) is 0. The molecule has 0 aromatic rings. The fraction of sp³-hybridized carbons (Fsp3) is 1.00. The van der Waals surface area contributed by atoms with Gasteiger partial charge in [-0.15, -0.1) is 0 Å². The Morgan fingerprint density at radius 1 is 1.23 bits per heavy atom. The number of ether oxygens (including phenoxy) is 2. The minimum absolute atomic E-state index is 0.117. The van der Waals surface area contributed by atoms with Crippen molar-refractivity contribution in [3.8, 4) is 0 Å². The first kappa shape index (κ1) is 11.0. The zero-order chi connectivity index (χ0) is 9.36. The van der Waals surface area contributed by atoms with Crippen LogP contribution in [0, 0.1) is 0 Å². The van der Waals surface area contributed by atoms with Gasteiger partial charge < -0.3 is 9.47 Å². The van der Waals surface area contributed by atoms with Crippen molar-refractivity contribution >= 4 is 0 Å². The van der Waals surface area contributed by atoms with Gasteiger partial charge in [-0.05, 0) is 12.8 Å². The zero-order valence-corrected chi connectivity index (χ0v) is 8.76. The third kappa shape index (κ3) is 5.27. The largest absolute Gasteiger partial charge is 0.353 e. The molecule has 0 aromatic carbocycles. The topological polar surface area (TPSA) is 18.5 Å². The maximum atomic E-state index is 5.56. The summed E-state index contributed by atoms with van der Waals surface area (Å²) >= 11 is 0. The maximum absolute atomic E-state index is 5.56. The molecular formula is C11H22O2. The molecule has 2 heteroatoms. The van der Waals surface area contributed by atoms with Crippen LogP contribution in [0.5, 0.6) is 0 Å². The third-order valence-electron chi connectivity index (χ3n) is 2.44. The quantitative estimate of drug-likeness (QED) is 0.569. The molecule has 0 bridgehead atoms. The van der Waals surface area contributed by atoms with Gasteiger partial charge in [-0.3, -0.25) is 0 Å². The summed E-state index contributed by atoms with van der Waals surface area (Å²) in [5.74, 6) is 0. The Morgan fingerprint density at radius 2 is 2.08 bits per heavy atom. The molecule has 1 heterocycles. The molecule has 0 saturated carbocycles. The smallest absolute Gasteiger partial charge is 0.157 e. The summed E-state index contributed by atoms with van der Waals surface area (Å²) in [5, 5.41) is 0. The molecule has 2 nitrogen and oxygen atoms in total. The second-order valence-corrected chi connectivity index (χ2v) is 3.73. The van der Waals surface area contributed by atoms with Crippen LogP contribution in [0.4, 0.5) is 0 Å². The van der Waals surface area contributed by atoms with Crippen LogP contribution in [0.15, 0.2) is 0 Å². The Morgan fingerprint density at radius 3 is 2.77 bits per heavy atom. The maximum Gasteiger partial charge on any atom is 0.157 e. The first-order valence-electron chi connectivity index (χ1n) is 5.66. The van der Waals surface area contributed by atoms with Crippen LogP contribution in [0.3, 0.4) is 0 Å². The molecule has 0 spiro atoms. The molecule has 1 fully saturated rings. The summed E-state index contributed by atoms with van der Waals surface area (Å²) in [4.78, 5) is 0. The van der Waals surface area contributed by atoms with Gasteiger partial charge in [-0.25, -0.2) is 0 Å². The van der Waals surface area contributed by atoms with E-state index in [-0.39, 0.29) is 6.29 Å². The van der Waals surface area contributed by atoms with Crippen LogP contribution in [-0.4, -0.2) is 19.5 Å².